The van der Waals surface area contributed by atoms with Crippen molar-refractivity contribution in [2.45, 2.75) is 56.0 Å². The number of nitrogens with one attached hydrogen (secondary N) is 1. The van der Waals surface area contributed by atoms with E-state index < -0.39 is 74.7 Å². The molecule has 0 bridgehead atoms. The van der Waals surface area contributed by atoms with Gasteiger partial charge in [-0.2, -0.15) is 0 Å². The number of aliphatic hydroxyl groups is 4. The molecule has 0 aromatic carbocycles. The Labute approximate surface area is 142 Å². The highest BCUT2D eigenvalue weighted by Crippen LogP contribution is 2.36. The second-order valence-corrected chi connectivity index (χ2v) is 7.68. The van der Waals surface area contributed by atoms with Crippen LogP contribution in [0, 0.1) is 0 Å². The van der Waals surface area contributed by atoms with E-state index in [2.05, 4.69) is 5.32 Å². The van der Waals surface area contributed by atoms with Crippen molar-refractivity contribution in [3.05, 3.63) is 0 Å². The maximum Gasteiger partial charge on any atom is 0.364 e. The van der Waals surface area contributed by atoms with Gasteiger partial charge in [0.2, 0.25) is 5.91 Å². The third-order valence-corrected chi connectivity index (χ3v) is 4.58. The molecule has 1 aliphatic rings. The summed E-state index contributed by atoms with van der Waals surface area (Å²) in [4.78, 5) is 40.0. The van der Waals surface area contributed by atoms with Gasteiger partial charge in [-0.05, 0) is 6.42 Å². The molecular formula is C12H22NO11P. The van der Waals surface area contributed by atoms with Gasteiger partial charge in [-0.25, -0.2) is 4.79 Å². The highest BCUT2D eigenvalue weighted by atomic mass is 31.2. The molecule has 1 heterocycles. The van der Waals surface area contributed by atoms with Crippen LogP contribution in [0.25, 0.3) is 0 Å². The first-order valence-corrected chi connectivity index (χ1v) is 9.06. The van der Waals surface area contributed by atoms with Gasteiger partial charge in [-0.1, -0.05) is 0 Å². The molecule has 1 fully saturated rings. The molecule has 13 heteroatoms. The molecule has 12 nitrogen and oxygen atoms in total. The summed E-state index contributed by atoms with van der Waals surface area (Å²) in [5.41, 5.74) is 0. The lowest BCUT2D eigenvalue weighted by atomic mass is 9.88. The minimum atomic E-state index is -4.47. The minimum Gasteiger partial charge on any atom is -0.477 e. The Morgan fingerprint density at radius 2 is 1.92 bits per heavy atom. The summed E-state index contributed by atoms with van der Waals surface area (Å²) in [6.45, 7) is 1.08. The lowest BCUT2D eigenvalue weighted by Crippen LogP contribution is -2.67. The number of carboxylic acids is 1. The third-order valence-electron chi connectivity index (χ3n) is 3.74. The fourth-order valence-electron chi connectivity index (χ4n) is 2.50. The van der Waals surface area contributed by atoms with Gasteiger partial charge in [0.25, 0.3) is 5.79 Å². The predicted molar refractivity (Wildman–Crippen MR) is 79.2 cm³/mol. The molecule has 1 rings (SSSR count). The molecule has 0 aromatic heterocycles. The lowest BCUT2D eigenvalue weighted by molar-refractivity contribution is -0.294. The van der Waals surface area contributed by atoms with Crippen LogP contribution in [0.2, 0.25) is 0 Å². The second kappa shape index (κ2) is 8.06. The molecule has 6 atom stereocenters. The SMILES string of the molecule is CC(=O)N[C@@H]1C([C@H](O)[C@H](O)CCP(=O)(O)O)O[C@](O)(C(=O)O)C[C@@H]1O. The van der Waals surface area contributed by atoms with E-state index in [1.807, 2.05) is 0 Å². The largest absolute Gasteiger partial charge is 0.477 e. The number of ether oxygens (including phenoxy) is 1. The molecule has 0 aliphatic carbocycles. The molecule has 0 spiro atoms. The normalized spacial score (nSPS) is 32.7. The zero-order chi connectivity index (χ0) is 19.6. The van der Waals surface area contributed by atoms with E-state index in [-0.39, 0.29) is 0 Å². The molecule has 0 saturated carbocycles. The zero-order valence-corrected chi connectivity index (χ0v) is 14.1. The average molecular weight is 387 g/mol. The number of rotatable bonds is 7. The molecule has 1 saturated heterocycles. The van der Waals surface area contributed by atoms with Crippen LogP contribution in [0.3, 0.4) is 0 Å². The molecule has 25 heavy (non-hydrogen) atoms. The number of carboxylic acid groups (broad SMARTS) is 1. The number of aliphatic carboxylic acids is 1. The van der Waals surface area contributed by atoms with Gasteiger partial charge in [0, 0.05) is 13.3 Å². The first-order chi connectivity index (χ1) is 11.3. The molecule has 0 aromatic rings. The highest BCUT2D eigenvalue weighted by Gasteiger charge is 2.53. The van der Waals surface area contributed by atoms with Gasteiger partial charge in [0.05, 0.1) is 24.4 Å². The Balaban J connectivity index is 3.02. The van der Waals surface area contributed by atoms with Crippen LogP contribution in [0.15, 0.2) is 0 Å². The topological polar surface area (TPSA) is 214 Å². The Morgan fingerprint density at radius 1 is 1.36 bits per heavy atom. The summed E-state index contributed by atoms with van der Waals surface area (Å²) in [5.74, 6) is -5.38. The van der Waals surface area contributed by atoms with Crippen molar-refractivity contribution in [2.24, 2.45) is 0 Å². The van der Waals surface area contributed by atoms with E-state index in [4.69, 9.17) is 19.6 Å². The van der Waals surface area contributed by atoms with Crippen molar-refractivity contribution < 1.29 is 54.2 Å². The molecule has 8 N–H and O–H groups in total. The van der Waals surface area contributed by atoms with Gasteiger partial charge in [0.1, 0.15) is 12.2 Å². The zero-order valence-electron chi connectivity index (χ0n) is 13.2. The Kier molecular flexibility index (Phi) is 7.07. The number of hydrogen-bond donors (Lipinski definition) is 8. The summed E-state index contributed by atoms with van der Waals surface area (Å²) >= 11 is 0. The number of carbonyl (C=O) groups is 2. The average Bonchev–Trinajstić information content (AvgIpc) is 2.45. The highest BCUT2D eigenvalue weighted by molar-refractivity contribution is 7.51. The van der Waals surface area contributed by atoms with Gasteiger partial charge < -0.3 is 45.4 Å². The fraction of sp³-hybridized carbons (Fsp3) is 0.833. The number of amides is 1. The second-order valence-electron chi connectivity index (χ2n) is 5.90. The Bertz CT molecular complexity index is 551. The van der Waals surface area contributed by atoms with E-state index in [1.165, 1.54) is 0 Å². The van der Waals surface area contributed by atoms with Crippen molar-refractivity contribution >= 4 is 19.5 Å². The van der Waals surface area contributed by atoms with E-state index in [1.54, 1.807) is 0 Å². The molecule has 1 aliphatic heterocycles. The van der Waals surface area contributed by atoms with Crippen LogP contribution < -0.4 is 5.32 Å². The predicted octanol–water partition coefficient (Wildman–Crippen LogP) is -3.30. The summed E-state index contributed by atoms with van der Waals surface area (Å²) in [6, 6.07) is -1.36. The van der Waals surface area contributed by atoms with Gasteiger partial charge in [-0.3, -0.25) is 9.36 Å². The Hall–Kier alpha value is -1.11. The summed E-state index contributed by atoms with van der Waals surface area (Å²) in [5, 5.41) is 51.2. The van der Waals surface area contributed by atoms with E-state index in [0.29, 0.717) is 0 Å². The monoisotopic (exact) mass is 387 g/mol. The van der Waals surface area contributed by atoms with Crippen LogP contribution in [-0.4, -0.2) is 89.6 Å². The first-order valence-electron chi connectivity index (χ1n) is 7.26. The number of carbonyl (C=O) groups excluding carboxylic acids is 1. The summed E-state index contributed by atoms with van der Waals surface area (Å²) in [7, 11) is -4.47. The quantitative estimate of drug-likeness (QED) is 0.203. The van der Waals surface area contributed by atoms with E-state index >= 15 is 0 Å². The van der Waals surface area contributed by atoms with Gasteiger partial charge >= 0.3 is 13.6 Å². The van der Waals surface area contributed by atoms with Crippen LogP contribution in [-0.2, 0) is 18.9 Å². The molecule has 1 unspecified atom stereocenters. The van der Waals surface area contributed by atoms with Crippen molar-refractivity contribution in [3.8, 4) is 0 Å². The third kappa shape index (κ3) is 5.97. The van der Waals surface area contributed by atoms with Crippen LogP contribution in [0.1, 0.15) is 19.8 Å². The first kappa shape index (κ1) is 21.9. The van der Waals surface area contributed by atoms with Crippen LogP contribution >= 0.6 is 7.60 Å². The summed E-state index contributed by atoms with van der Waals surface area (Å²) in [6.07, 6.45) is -9.27. The molecule has 0 radical (unpaired) electrons. The standard InChI is InChI=1S/C12H22NO11P/c1-5(14)13-8-7(16)4-12(20,11(18)19)24-10(8)9(17)6(15)2-3-25(21,22)23/h6-10,15-17,20H,2-4H2,1H3,(H,13,14)(H,18,19)(H2,21,22,23)/t6-,7+,8+,9-,10?,12+/m1/s1. The van der Waals surface area contributed by atoms with Crippen molar-refractivity contribution in [3.63, 3.8) is 0 Å². The molecule has 146 valence electrons. The smallest absolute Gasteiger partial charge is 0.364 e. The number of aliphatic hydroxyl groups excluding tert-OH is 3. The molecule has 1 amide bonds. The van der Waals surface area contributed by atoms with Crippen LogP contribution in [0.5, 0.6) is 0 Å². The maximum atomic E-state index is 11.2. The van der Waals surface area contributed by atoms with Gasteiger partial charge in [-0.15, -0.1) is 0 Å². The Morgan fingerprint density at radius 3 is 2.36 bits per heavy atom. The summed E-state index contributed by atoms with van der Waals surface area (Å²) < 4.78 is 15.8. The maximum absolute atomic E-state index is 11.2. The van der Waals surface area contributed by atoms with Gasteiger partial charge in [0.15, 0.2) is 0 Å². The van der Waals surface area contributed by atoms with E-state index in [9.17, 15) is 34.6 Å². The lowest BCUT2D eigenvalue weighted by Gasteiger charge is -2.44. The van der Waals surface area contributed by atoms with Crippen molar-refractivity contribution in [1.29, 1.82) is 0 Å². The van der Waals surface area contributed by atoms with Crippen molar-refractivity contribution in [1.82, 2.24) is 5.32 Å². The van der Waals surface area contributed by atoms with E-state index in [0.717, 1.165) is 6.92 Å². The minimum absolute atomic E-state index is 0.570. The fourth-order valence-corrected chi connectivity index (χ4v) is 3.10. The molecular weight excluding hydrogens is 365 g/mol. The van der Waals surface area contributed by atoms with Crippen molar-refractivity contribution in [2.75, 3.05) is 6.16 Å². The van der Waals surface area contributed by atoms with Crippen LogP contribution in [0.4, 0.5) is 0 Å². The number of hydrogen-bond acceptors (Lipinski definition) is 8.